The van der Waals surface area contributed by atoms with Gasteiger partial charge < -0.3 is 10.6 Å². The van der Waals surface area contributed by atoms with Gasteiger partial charge >= 0.3 is 0 Å². The molecule has 0 aliphatic heterocycles. The van der Waals surface area contributed by atoms with Crippen molar-refractivity contribution in [2.24, 2.45) is 0 Å². The topological polar surface area (TPSA) is 93.1 Å². The molecule has 0 radical (unpaired) electrons. The smallest absolute Gasteiger partial charge is 0.275 e. The molecule has 0 saturated carbocycles. The van der Waals surface area contributed by atoms with Crippen LogP contribution >= 0.6 is 11.6 Å². The van der Waals surface area contributed by atoms with Crippen molar-refractivity contribution in [3.63, 3.8) is 0 Å². The summed E-state index contributed by atoms with van der Waals surface area (Å²) in [6.07, 6.45) is 1.53. The van der Waals surface area contributed by atoms with Crippen LogP contribution in [0.2, 0.25) is 5.02 Å². The summed E-state index contributed by atoms with van der Waals surface area (Å²) in [5.41, 5.74) is 0.281. The van der Waals surface area contributed by atoms with Crippen LogP contribution in [0.4, 0.5) is 5.69 Å². The molecule has 132 valence electrons. The van der Waals surface area contributed by atoms with Gasteiger partial charge in [-0.15, -0.1) is 0 Å². The van der Waals surface area contributed by atoms with E-state index in [1.54, 1.807) is 24.3 Å². The lowest BCUT2D eigenvalue weighted by Gasteiger charge is -2.10. The average Bonchev–Trinajstić information content (AvgIpc) is 2.65. The van der Waals surface area contributed by atoms with Gasteiger partial charge in [-0.3, -0.25) is 14.4 Å². The van der Waals surface area contributed by atoms with Gasteiger partial charge in [-0.2, -0.15) is 5.10 Å². The van der Waals surface area contributed by atoms with Crippen LogP contribution in [0, 0.1) is 0 Å². The molecule has 2 N–H and O–H groups in total. The summed E-state index contributed by atoms with van der Waals surface area (Å²) in [6, 6.07) is 11.5. The van der Waals surface area contributed by atoms with E-state index >= 15 is 0 Å². The van der Waals surface area contributed by atoms with Crippen LogP contribution in [0.3, 0.4) is 0 Å². The van der Waals surface area contributed by atoms with Crippen LogP contribution in [-0.4, -0.2) is 28.6 Å². The highest BCUT2D eigenvalue weighted by Gasteiger charge is 2.12. The summed E-state index contributed by atoms with van der Waals surface area (Å²) >= 11 is 6.07. The molecule has 0 fully saturated rings. The van der Waals surface area contributed by atoms with Crippen molar-refractivity contribution < 1.29 is 9.59 Å². The van der Waals surface area contributed by atoms with Gasteiger partial charge in [-0.05, 0) is 24.3 Å². The van der Waals surface area contributed by atoms with Crippen molar-refractivity contribution in [3.8, 4) is 0 Å². The van der Waals surface area contributed by atoms with Crippen molar-refractivity contribution in [2.45, 2.75) is 6.54 Å². The number of carbonyl (C=O) groups excluding carboxylic acids is 2. The highest BCUT2D eigenvalue weighted by molar-refractivity contribution is 6.33. The Hall–Kier alpha value is -3.19. The minimum Gasteiger partial charge on any atom is -0.355 e. The van der Waals surface area contributed by atoms with Crippen molar-refractivity contribution >= 4 is 39.9 Å². The summed E-state index contributed by atoms with van der Waals surface area (Å²) in [5, 5.41) is 10.6. The van der Waals surface area contributed by atoms with E-state index in [0.29, 0.717) is 16.3 Å². The van der Waals surface area contributed by atoms with Crippen LogP contribution in [-0.2, 0) is 11.3 Å². The lowest BCUT2D eigenvalue weighted by Crippen LogP contribution is -2.29. The Morgan fingerprint density at radius 2 is 1.96 bits per heavy atom. The van der Waals surface area contributed by atoms with Crippen LogP contribution in [0.5, 0.6) is 0 Å². The van der Waals surface area contributed by atoms with E-state index in [9.17, 15) is 14.4 Å². The second-order valence-corrected chi connectivity index (χ2v) is 5.92. The number of rotatable bonds is 4. The molecule has 1 heterocycles. The number of fused-ring (bicyclic) bond motifs is 1. The van der Waals surface area contributed by atoms with Gasteiger partial charge in [0.1, 0.15) is 6.54 Å². The first-order valence-corrected chi connectivity index (χ1v) is 8.13. The third-order valence-corrected chi connectivity index (χ3v) is 4.11. The van der Waals surface area contributed by atoms with Gasteiger partial charge in [0.05, 0.1) is 22.3 Å². The molecule has 0 atom stereocenters. The molecule has 0 spiro atoms. The van der Waals surface area contributed by atoms with Gasteiger partial charge in [0, 0.05) is 18.0 Å². The maximum Gasteiger partial charge on any atom is 0.275 e. The van der Waals surface area contributed by atoms with Crippen molar-refractivity contribution in [3.05, 3.63) is 69.6 Å². The second kappa shape index (κ2) is 7.37. The molecule has 0 aliphatic carbocycles. The Balaban J connectivity index is 1.83. The molecule has 26 heavy (non-hydrogen) atoms. The predicted octanol–water partition coefficient (Wildman–Crippen LogP) is 2.05. The first kappa shape index (κ1) is 17.6. The van der Waals surface area contributed by atoms with E-state index in [-0.39, 0.29) is 28.7 Å². The zero-order chi connectivity index (χ0) is 18.7. The molecule has 3 rings (SSSR count). The summed E-state index contributed by atoms with van der Waals surface area (Å²) in [4.78, 5) is 36.4. The molecular weight excluding hydrogens is 356 g/mol. The highest BCUT2D eigenvalue weighted by atomic mass is 35.5. The van der Waals surface area contributed by atoms with Gasteiger partial charge in [-0.25, -0.2) is 4.68 Å². The van der Waals surface area contributed by atoms with Gasteiger partial charge in [0.25, 0.3) is 11.5 Å². The lowest BCUT2D eigenvalue weighted by molar-refractivity contribution is -0.117. The molecule has 0 unspecified atom stereocenters. The fourth-order valence-corrected chi connectivity index (χ4v) is 2.64. The standard InChI is InChI=1S/C18H15ClN4O3/c1-20-17(25)11-6-7-14(19)15(8-11)22-16(24)10-23-18(26)13-5-3-2-4-12(13)9-21-23/h2-9H,10H2,1H3,(H,20,25)(H,22,24). The number of halogens is 1. The third-order valence-electron chi connectivity index (χ3n) is 3.78. The number of hydrogen-bond acceptors (Lipinski definition) is 4. The quantitative estimate of drug-likeness (QED) is 0.735. The molecule has 0 saturated heterocycles. The number of nitrogens with zero attached hydrogens (tertiary/aromatic N) is 2. The number of hydrogen-bond donors (Lipinski definition) is 2. The molecular formula is C18H15ClN4O3. The third kappa shape index (κ3) is 3.57. The normalized spacial score (nSPS) is 10.5. The summed E-state index contributed by atoms with van der Waals surface area (Å²) in [6.45, 7) is -0.274. The summed E-state index contributed by atoms with van der Waals surface area (Å²) in [5.74, 6) is -0.782. The monoisotopic (exact) mass is 370 g/mol. The largest absolute Gasteiger partial charge is 0.355 e. The Morgan fingerprint density at radius 3 is 2.73 bits per heavy atom. The highest BCUT2D eigenvalue weighted by Crippen LogP contribution is 2.23. The predicted molar refractivity (Wildman–Crippen MR) is 99.5 cm³/mol. The maximum absolute atomic E-state index is 12.4. The zero-order valence-electron chi connectivity index (χ0n) is 13.8. The number of benzene rings is 2. The van der Waals surface area contributed by atoms with Crippen LogP contribution < -0.4 is 16.2 Å². The fraction of sp³-hybridized carbons (Fsp3) is 0.111. The minimum atomic E-state index is -0.481. The van der Waals surface area contributed by atoms with Gasteiger partial charge in [0.15, 0.2) is 0 Å². The first-order valence-electron chi connectivity index (χ1n) is 7.76. The Kier molecular flexibility index (Phi) is 4.99. The molecule has 7 nitrogen and oxygen atoms in total. The van der Waals surface area contributed by atoms with E-state index in [1.807, 2.05) is 6.07 Å². The Morgan fingerprint density at radius 1 is 1.19 bits per heavy atom. The summed E-state index contributed by atoms with van der Waals surface area (Å²) in [7, 11) is 1.51. The van der Waals surface area contributed by atoms with E-state index in [4.69, 9.17) is 11.6 Å². The van der Waals surface area contributed by atoms with Gasteiger partial charge in [0.2, 0.25) is 5.91 Å². The first-order chi connectivity index (χ1) is 12.5. The number of nitrogens with one attached hydrogen (secondary N) is 2. The van der Waals surface area contributed by atoms with Crippen LogP contribution in [0.1, 0.15) is 10.4 Å². The molecule has 0 bridgehead atoms. The van der Waals surface area contributed by atoms with E-state index in [1.165, 1.54) is 25.4 Å². The fourth-order valence-electron chi connectivity index (χ4n) is 2.47. The Bertz CT molecular complexity index is 1060. The number of carbonyl (C=O) groups is 2. The van der Waals surface area contributed by atoms with Crippen LogP contribution in [0.25, 0.3) is 10.8 Å². The SMILES string of the molecule is CNC(=O)c1ccc(Cl)c(NC(=O)Cn2ncc3ccccc3c2=O)c1. The van der Waals surface area contributed by atoms with Gasteiger partial charge in [-0.1, -0.05) is 29.8 Å². The number of anilines is 1. The average molecular weight is 371 g/mol. The van der Waals surface area contributed by atoms with E-state index in [0.717, 1.165) is 4.68 Å². The maximum atomic E-state index is 12.4. The number of amides is 2. The summed E-state index contributed by atoms with van der Waals surface area (Å²) < 4.78 is 1.08. The van der Waals surface area contributed by atoms with Crippen molar-refractivity contribution in [1.29, 1.82) is 0 Å². The molecule has 0 aliphatic rings. The Labute approximate surface area is 153 Å². The van der Waals surface area contributed by atoms with E-state index in [2.05, 4.69) is 15.7 Å². The van der Waals surface area contributed by atoms with E-state index < -0.39 is 5.91 Å². The lowest BCUT2D eigenvalue weighted by atomic mass is 10.2. The zero-order valence-corrected chi connectivity index (χ0v) is 14.6. The van der Waals surface area contributed by atoms with Crippen molar-refractivity contribution in [1.82, 2.24) is 15.1 Å². The van der Waals surface area contributed by atoms with Crippen LogP contribution in [0.15, 0.2) is 53.5 Å². The second-order valence-electron chi connectivity index (χ2n) is 5.52. The van der Waals surface area contributed by atoms with Crippen molar-refractivity contribution in [2.75, 3.05) is 12.4 Å². The molecule has 8 heteroatoms. The molecule has 1 aromatic heterocycles. The molecule has 2 aromatic carbocycles. The minimum absolute atomic E-state index is 0.274. The number of aromatic nitrogens is 2. The molecule has 3 aromatic rings. The molecule has 2 amide bonds.